The molecule has 0 fully saturated rings. The second-order valence-electron chi connectivity index (χ2n) is 17.0. The van der Waals surface area contributed by atoms with Crippen molar-refractivity contribution in [1.82, 2.24) is 4.98 Å². The van der Waals surface area contributed by atoms with Gasteiger partial charge in [0.2, 0.25) is 0 Å². The van der Waals surface area contributed by atoms with Crippen molar-refractivity contribution in [3.63, 3.8) is 0 Å². The molecule has 2 heteroatoms. The Labute approximate surface area is 386 Å². The number of hydrogen-bond acceptors (Lipinski definition) is 2. The molecule has 1 aliphatic carbocycles. The second kappa shape index (κ2) is 16.5. The average Bonchev–Trinajstić information content (AvgIpc) is 3.70. The summed E-state index contributed by atoms with van der Waals surface area (Å²) in [6, 6.07) is 96.9. The zero-order valence-corrected chi connectivity index (χ0v) is 36.3. The summed E-state index contributed by atoms with van der Waals surface area (Å²) >= 11 is 0. The molecule has 0 radical (unpaired) electrons. The molecule has 0 atom stereocenters. The minimum absolute atomic E-state index is 0.547. The topological polar surface area (TPSA) is 16.1 Å². The minimum atomic E-state index is -0.547. The zero-order chi connectivity index (χ0) is 43.9. The summed E-state index contributed by atoms with van der Waals surface area (Å²) in [5.74, 6) is 0. The highest BCUT2D eigenvalue weighted by molar-refractivity contribution is 5.98. The van der Waals surface area contributed by atoms with Crippen LogP contribution in [0.25, 0.3) is 66.7 Å². The number of fused-ring (bicyclic) bond motifs is 4. The summed E-state index contributed by atoms with van der Waals surface area (Å²) in [7, 11) is 0. The van der Waals surface area contributed by atoms with Crippen LogP contribution in [0.1, 0.15) is 22.3 Å². The van der Waals surface area contributed by atoms with E-state index in [1.165, 1.54) is 55.6 Å². The lowest BCUT2D eigenvalue weighted by Crippen LogP contribution is -2.28. The SMILES string of the molecule is c1ccc(-c2ccc(-c3nc4ccccc4cc3-c3ccccc3N(c3ccc(-c4ccccc4)cc3)c3ccc4c(c3)C(c3ccccc3)(c3ccccc3)c3ccccc3-4)cc2)cc1. The van der Waals surface area contributed by atoms with Gasteiger partial charge in [0.15, 0.2) is 0 Å². The zero-order valence-electron chi connectivity index (χ0n) is 36.3. The van der Waals surface area contributed by atoms with Gasteiger partial charge in [-0.15, -0.1) is 0 Å². The van der Waals surface area contributed by atoms with Gasteiger partial charge in [-0.3, -0.25) is 0 Å². The lowest BCUT2D eigenvalue weighted by molar-refractivity contribution is 0.768. The molecule has 0 bridgehead atoms. The van der Waals surface area contributed by atoms with Crippen LogP contribution in [0, 0.1) is 0 Å². The van der Waals surface area contributed by atoms with E-state index in [1.807, 2.05) is 0 Å². The van der Waals surface area contributed by atoms with Crippen molar-refractivity contribution in [3.05, 3.63) is 289 Å². The third-order valence-corrected chi connectivity index (χ3v) is 13.4. The van der Waals surface area contributed by atoms with Gasteiger partial charge in [-0.05, 0) is 98.1 Å². The molecular weight excluding hydrogens is 797 g/mol. The van der Waals surface area contributed by atoms with E-state index in [4.69, 9.17) is 4.98 Å². The monoisotopic (exact) mass is 840 g/mol. The number of aromatic nitrogens is 1. The molecule has 0 saturated carbocycles. The van der Waals surface area contributed by atoms with Crippen LogP contribution < -0.4 is 4.90 Å². The van der Waals surface area contributed by atoms with Crippen LogP contribution in [0.2, 0.25) is 0 Å². The van der Waals surface area contributed by atoms with Gasteiger partial charge >= 0.3 is 0 Å². The number of nitrogens with zero attached hydrogens (tertiary/aromatic N) is 2. The van der Waals surface area contributed by atoms with Crippen molar-refractivity contribution in [2.75, 3.05) is 4.90 Å². The maximum absolute atomic E-state index is 5.45. The van der Waals surface area contributed by atoms with Crippen LogP contribution in [0.4, 0.5) is 17.1 Å². The molecule has 1 aliphatic rings. The number of rotatable bonds is 9. The number of anilines is 3. The first kappa shape index (κ1) is 39.0. The van der Waals surface area contributed by atoms with Gasteiger partial charge in [0.25, 0.3) is 0 Å². The van der Waals surface area contributed by atoms with Gasteiger partial charge in [0, 0.05) is 33.5 Å². The Morgan fingerprint density at radius 1 is 0.303 bits per heavy atom. The predicted octanol–water partition coefficient (Wildman–Crippen LogP) is 16.7. The molecule has 2 nitrogen and oxygen atoms in total. The third-order valence-electron chi connectivity index (χ3n) is 13.4. The van der Waals surface area contributed by atoms with Crippen molar-refractivity contribution in [3.8, 4) is 55.8 Å². The Morgan fingerprint density at radius 3 is 1.42 bits per heavy atom. The first-order valence-corrected chi connectivity index (χ1v) is 22.7. The Balaban J connectivity index is 1.10. The molecule has 0 unspecified atom stereocenters. The molecule has 0 amide bonds. The van der Waals surface area contributed by atoms with E-state index in [0.29, 0.717) is 0 Å². The molecule has 66 heavy (non-hydrogen) atoms. The molecule has 11 aromatic rings. The Bertz CT molecular complexity index is 3450. The van der Waals surface area contributed by atoms with Crippen LogP contribution >= 0.6 is 0 Å². The summed E-state index contributed by atoms with van der Waals surface area (Å²) < 4.78 is 0. The highest BCUT2D eigenvalue weighted by Crippen LogP contribution is 2.57. The number of para-hydroxylation sites is 2. The van der Waals surface area contributed by atoms with Crippen LogP contribution in [-0.4, -0.2) is 4.98 Å². The van der Waals surface area contributed by atoms with Crippen molar-refractivity contribution >= 4 is 28.0 Å². The van der Waals surface area contributed by atoms with E-state index < -0.39 is 5.41 Å². The molecule has 1 heterocycles. The standard InChI is InChI=1S/C64H44N2/c1-5-19-45(20-6-1)47-33-35-49(36-34-47)63-58(43-50-23-13-17-31-61(50)65-63)57-29-15-18-32-62(57)66(53-39-37-48(38-40-53)46-21-7-2-8-22-46)54-41-42-56-55-28-14-16-30-59(55)64(60(56)44-54,51-24-9-3-10-25-51)52-26-11-4-12-27-52/h1-44H. The predicted molar refractivity (Wildman–Crippen MR) is 275 cm³/mol. The summed E-state index contributed by atoms with van der Waals surface area (Å²) in [4.78, 5) is 7.90. The summed E-state index contributed by atoms with van der Waals surface area (Å²) in [5, 5.41) is 1.09. The molecule has 310 valence electrons. The van der Waals surface area contributed by atoms with Crippen molar-refractivity contribution in [2.24, 2.45) is 0 Å². The largest absolute Gasteiger partial charge is 0.310 e. The van der Waals surface area contributed by atoms with E-state index in [0.717, 1.165) is 50.3 Å². The fourth-order valence-electron chi connectivity index (χ4n) is 10.3. The molecule has 0 spiro atoms. The highest BCUT2D eigenvalue weighted by atomic mass is 15.1. The normalized spacial score (nSPS) is 12.4. The Hall–Kier alpha value is -8.59. The van der Waals surface area contributed by atoms with Crippen molar-refractivity contribution < 1.29 is 0 Å². The summed E-state index contributed by atoms with van der Waals surface area (Å²) in [6.07, 6.45) is 0. The number of hydrogen-bond donors (Lipinski definition) is 0. The number of pyridine rings is 1. The molecule has 12 rings (SSSR count). The van der Waals surface area contributed by atoms with Gasteiger partial charge < -0.3 is 4.90 Å². The molecular formula is C64H44N2. The van der Waals surface area contributed by atoms with Gasteiger partial charge in [0.1, 0.15) is 0 Å². The first-order chi connectivity index (χ1) is 32.7. The average molecular weight is 841 g/mol. The number of benzene rings is 10. The maximum atomic E-state index is 5.45. The fourth-order valence-corrected chi connectivity index (χ4v) is 10.3. The van der Waals surface area contributed by atoms with Crippen molar-refractivity contribution in [1.29, 1.82) is 0 Å². The van der Waals surface area contributed by atoms with Gasteiger partial charge in [-0.2, -0.15) is 0 Å². The molecule has 0 N–H and O–H groups in total. The van der Waals surface area contributed by atoms with E-state index in [-0.39, 0.29) is 0 Å². The van der Waals surface area contributed by atoms with Crippen LogP contribution in [0.5, 0.6) is 0 Å². The molecule has 0 aliphatic heterocycles. The van der Waals surface area contributed by atoms with Crippen LogP contribution in [0.3, 0.4) is 0 Å². The Morgan fingerprint density at radius 2 is 0.773 bits per heavy atom. The van der Waals surface area contributed by atoms with Gasteiger partial charge in [-0.1, -0.05) is 224 Å². The van der Waals surface area contributed by atoms with Crippen molar-refractivity contribution in [2.45, 2.75) is 5.41 Å². The van der Waals surface area contributed by atoms with Crippen LogP contribution in [0.15, 0.2) is 267 Å². The molecule has 10 aromatic carbocycles. The lowest BCUT2D eigenvalue weighted by atomic mass is 9.67. The van der Waals surface area contributed by atoms with Gasteiger partial charge in [0.05, 0.1) is 22.3 Å². The molecule has 1 aromatic heterocycles. The highest BCUT2D eigenvalue weighted by Gasteiger charge is 2.46. The summed E-state index contributed by atoms with van der Waals surface area (Å²) in [5.41, 5.74) is 20.0. The minimum Gasteiger partial charge on any atom is -0.310 e. The Kier molecular flexibility index (Phi) is 9.77. The quantitative estimate of drug-likeness (QED) is 0.144. The molecule has 0 saturated heterocycles. The lowest BCUT2D eigenvalue weighted by Gasteiger charge is -2.35. The van der Waals surface area contributed by atoms with Crippen LogP contribution in [-0.2, 0) is 5.41 Å². The summed E-state index contributed by atoms with van der Waals surface area (Å²) in [6.45, 7) is 0. The third kappa shape index (κ3) is 6.62. The van der Waals surface area contributed by atoms with E-state index in [2.05, 4.69) is 272 Å². The van der Waals surface area contributed by atoms with E-state index in [9.17, 15) is 0 Å². The van der Waals surface area contributed by atoms with E-state index in [1.54, 1.807) is 0 Å². The smallest absolute Gasteiger partial charge is 0.0788 e. The maximum Gasteiger partial charge on any atom is 0.0788 e. The van der Waals surface area contributed by atoms with Gasteiger partial charge in [-0.25, -0.2) is 4.98 Å². The van der Waals surface area contributed by atoms with E-state index >= 15 is 0 Å². The fraction of sp³-hybridized carbons (Fsp3) is 0.0156. The second-order valence-corrected chi connectivity index (χ2v) is 17.0. The first-order valence-electron chi connectivity index (χ1n) is 22.7.